The van der Waals surface area contributed by atoms with Gasteiger partial charge in [0, 0.05) is 10.0 Å². The van der Waals surface area contributed by atoms with Crippen molar-refractivity contribution in [3.8, 4) is 17.3 Å². The third kappa shape index (κ3) is 1.99. The highest BCUT2D eigenvalue weighted by Gasteiger charge is 2.07. The summed E-state index contributed by atoms with van der Waals surface area (Å²) in [5.74, 6) is 0.127. The summed E-state index contributed by atoms with van der Waals surface area (Å²) in [6.45, 7) is 1.52. The number of H-pyrrole nitrogens is 1. The number of halogens is 1. The predicted octanol–water partition coefficient (Wildman–Crippen LogP) is 2.21. The molecule has 0 atom stereocenters. The molecular formula is C11H9BrN2O2. The lowest BCUT2D eigenvalue weighted by molar-refractivity contribution is 0.447. The minimum absolute atomic E-state index is 0.223. The molecule has 0 aliphatic rings. The van der Waals surface area contributed by atoms with Crippen LogP contribution in [0.4, 0.5) is 0 Å². The number of nitrogens with one attached hydrogen (secondary N) is 1. The summed E-state index contributed by atoms with van der Waals surface area (Å²) in [6.07, 6.45) is 0. The van der Waals surface area contributed by atoms with E-state index in [1.54, 1.807) is 12.1 Å². The van der Waals surface area contributed by atoms with Gasteiger partial charge in [-0.05, 0) is 19.1 Å². The summed E-state index contributed by atoms with van der Waals surface area (Å²) in [6, 6.07) is 7.28. The van der Waals surface area contributed by atoms with Gasteiger partial charge in [-0.1, -0.05) is 28.1 Å². The van der Waals surface area contributed by atoms with Crippen LogP contribution in [0.25, 0.3) is 11.4 Å². The van der Waals surface area contributed by atoms with Crippen molar-refractivity contribution in [3.63, 3.8) is 0 Å². The molecule has 0 amide bonds. The zero-order valence-corrected chi connectivity index (χ0v) is 10.1. The van der Waals surface area contributed by atoms with E-state index in [0.29, 0.717) is 5.82 Å². The Balaban J connectivity index is 2.57. The van der Waals surface area contributed by atoms with Crippen LogP contribution in [0.3, 0.4) is 0 Å². The third-order valence-electron chi connectivity index (χ3n) is 2.24. The van der Waals surface area contributed by atoms with E-state index >= 15 is 0 Å². The molecule has 1 aromatic heterocycles. The SMILES string of the molecule is Cc1c(O)nc(-c2ccc(Br)cc2)[nH]c1=O. The van der Waals surface area contributed by atoms with Crippen LogP contribution in [0, 0.1) is 6.92 Å². The van der Waals surface area contributed by atoms with E-state index in [0.717, 1.165) is 10.0 Å². The van der Waals surface area contributed by atoms with Crippen LogP contribution in [0.15, 0.2) is 33.5 Å². The van der Waals surface area contributed by atoms with Crippen LogP contribution in [0.2, 0.25) is 0 Å². The van der Waals surface area contributed by atoms with Gasteiger partial charge in [0.05, 0.1) is 5.56 Å². The van der Waals surface area contributed by atoms with Gasteiger partial charge in [-0.3, -0.25) is 4.79 Å². The number of nitrogens with zero attached hydrogens (tertiary/aromatic N) is 1. The molecule has 0 bridgehead atoms. The van der Waals surface area contributed by atoms with Crippen LogP contribution in [-0.4, -0.2) is 15.1 Å². The number of aromatic hydroxyl groups is 1. The molecule has 0 radical (unpaired) electrons. The van der Waals surface area contributed by atoms with Gasteiger partial charge in [0.25, 0.3) is 5.56 Å². The molecule has 4 nitrogen and oxygen atoms in total. The van der Waals surface area contributed by atoms with Crippen molar-refractivity contribution in [2.45, 2.75) is 6.92 Å². The Bertz CT molecular complexity index is 576. The molecule has 1 heterocycles. The van der Waals surface area contributed by atoms with E-state index in [9.17, 15) is 9.90 Å². The monoisotopic (exact) mass is 280 g/mol. The van der Waals surface area contributed by atoms with E-state index < -0.39 is 0 Å². The second kappa shape index (κ2) is 4.09. The molecule has 1 aromatic carbocycles. The number of benzene rings is 1. The predicted molar refractivity (Wildman–Crippen MR) is 64.4 cm³/mol. The summed E-state index contributed by atoms with van der Waals surface area (Å²) < 4.78 is 0.940. The molecule has 16 heavy (non-hydrogen) atoms. The van der Waals surface area contributed by atoms with Crippen molar-refractivity contribution in [2.75, 3.05) is 0 Å². The molecule has 2 N–H and O–H groups in total. The van der Waals surface area contributed by atoms with Crippen molar-refractivity contribution in [2.24, 2.45) is 0 Å². The molecule has 0 aliphatic heterocycles. The topological polar surface area (TPSA) is 66.0 Å². The number of hydrogen-bond acceptors (Lipinski definition) is 3. The van der Waals surface area contributed by atoms with Crippen molar-refractivity contribution in [1.29, 1.82) is 0 Å². The van der Waals surface area contributed by atoms with Gasteiger partial charge in [0.2, 0.25) is 5.88 Å². The zero-order valence-electron chi connectivity index (χ0n) is 8.49. The quantitative estimate of drug-likeness (QED) is 0.842. The van der Waals surface area contributed by atoms with Gasteiger partial charge in [0.1, 0.15) is 5.82 Å². The molecule has 0 spiro atoms. The second-order valence-corrected chi connectivity index (χ2v) is 4.29. The smallest absolute Gasteiger partial charge is 0.257 e. The number of aromatic nitrogens is 2. The van der Waals surface area contributed by atoms with Gasteiger partial charge >= 0.3 is 0 Å². The fourth-order valence-electron chi connectivity index (χ4n) is 1.27. The number of hydrogen-bond donors (Lipinski definition) is 2. The molecule has 5 heteroatoms. The van der Waals surface area contributed by atoms with E-state index in [1.807, 2.05) is 12.1 Å². The second-order valence-electron chi connectivity index (χ2n) is 3.37. The maximum absolute atomic E-state index is 11.4. The summed E-state index contributed by atoms with van der Waals surface area (Å²) in [4.78, 5) is 18.0. The first-order valence-corrected chi connectivity index (χ1v) is 5.43. The fraction of sp³-hybridized carbons (Fsp3) is 0.0909. The average Bonchev–Trinajstić information content (AvgIpc) is 2.26. The lowest BCUT2D eigenvalue weighted by Gasteiger charge is -2.03. The Morgan fingerprint density at radius 1 is 1.31 bits per heavy atom. The summed E-state index contributed by atoms with van der Waals surface area (Å²) in [7, 11) is 0. The highest BCUT2D eigenvalue weighted by atomic mass is 79.9. The first-order chi connectivity index (χ1) is 7.58. The largest absolute Gasteiger partial charge is 0.493 e. The van der Waals surface area contributed by atoms with Crippen molar-refractivity contribution >= 4 is 15.9 Å². The third-order valence-corrected chi connectivity index (χ3v) is 2.77. The lowest BCUT2D eigenvalue weighted by atomic mass is 10.2. The average molecular weight is 281 g/mol. The van der Waals surface area contributed by atoms with Gasteiger partial charge in [-0.15, -0.1) is 0 Å². The van der Waals surface area contributed by atoms with Gasteiger partial charge in [0.15, 0.2) is 0 Å². The Kier molecular flexibility index (Phi) is 2.78. The molecule has 0 saturated carbocycles. The Labute approximate surface area is 100 Å². The van der Waals surface area contributed by atoms with Crippen molar-refractivity contribution < 1.29 is 5.11 Å². The van der Waals surface area contributed by atoms with Crippen molar-refractivity contribution in [3.05, 3.63) is 44.7 Å². The molecule has 0 aliphatic carbocycles. The first-order valence-electron chi connectivity index (χ1n) is 4.64. The van der Waals surface area contributed by atoms with Gasteiger partial charge < -0.3 is 10.1 Å². The summed E-state index contributed by atoms with van der Waals surface area (Å²) in [5, 5.41) is 9.46. The maximum atomic E-state index is 11.4. The number of rotatable bonds is 1. The molecule has 82 valence electrons. The van der Waals surface area contributed by atoms with E-state index in [4.69, 9.17) is 0 Å². The standard InChI is InChI=1S/C11H9BrN2O2/c1-6-10(15)13-9(14-11(6)16)7-2-4-8(12)5-3-7/h2-5H,1H3,(H2,13,14,15,16). The lowest BCUT2D eigenvalue weighted by Crippen LogP contribution is -2.12. The molecule has 0 saturated heterocycles. The minimum atomic E-state index is -0.328. The van der Waals surface area contributed by atoms with Crippen LogP contribution in [0.5, 0.6) is 5.88 Å². The first kappa shape index (κ1) is 10.9. The van der Waals surface area contributed by atoms with E-state index in [2.05, 4.69) is 25.9 Å². The molecule has 0 fully saturated rings. The van der Waals surface area contributed by atoms with Crippen LogP contribution < -0.4 is 5.56 Å². The maximum Gasteiger partial charge on any atom is 0.257 e. The summed E-state index contributed by atoms with van der Waals surface area (Å²) >= 11 is 3.32. The molecule has 2 aromatic rings. The Hall–Kier alpha value is -1.62. The normalized spacial score (nSPS) is 10.4. The zero-order chi connectivity index (χ0) is 11.7. The molecule has 2 rings (SSSR count). The van der Waals surface area contributed by atoms with Crippen LogP contribution >= 0.6 is 15.9 Å². The summed E-state index contributed by atoms with van der Waals surface area (Å²) in [5.41, 5.74) is 0.641. The fourth-order valence-corrected chi connectivity index (χ4v) is 1.53. The molecular weight excluding hydrogens is 272 g/mol. The Morgan fingerprint density at radius 3 is 2.50 bits per heavy atom. The Morgan fingerprint density at radius 2 is 1.94 bits per heavy atom. The highest BCUT2D eigenvalue weighted by molar-refractivity contribution is 9.10. The van der Waals surface area contributed by atoms with Crippen LogP contribution in [0.1, 0.15) is 5.56 Å². The van der Waals surface area contributed by atoms with Gasteiger partial charge in [-0.2, -0.15) is 4.98 Å². The van der Waals surface area contributed by atoms with Gasteiger partial charge in [-0.25, -0.2) is 0 Å². The van der Waals surface area contributed by atoms with E-state index in [-0.39, 0.29) is 17.0 Å². The van der Waals surface area contributed by atoms with E-state index in [1.165, 1.54) is 6.92 Å². The van der Waals surface area contributed by atoms with Crippen molar-refractivity contribution in [1.82, 2.24) is 9.97 Å². The van der Waals surface area contributed by atoms with Crippen LogP contribution in [-0.2, 0) is 0 Å². The molecule has 0 unspecified atom stereocenters. The minimum Gasteiger partial charge on any atom is -0.493 e. The number of aromatic amines is 1. The highest BCUT2D eigenvalue weighted by Crippen LogP contribution is 2.19.